The number of aliphatic carboxylic acids is 1. The number of carboxylic acids is 1. The highest BCUT2D eigenvalue weighted by Crippen LogP contribution is 2.37. The third kappa shape index (κ3) is 4.76. The summed E-state index contributed by atoms with van der Waals surface area (Å²) >= 11 is 6.24. The van der Waals surface area contributed by atoms with E-state index in [-0.39, 0.29) is 5.57 Å². The van der Waals surface area contributed by atoms with E-state index in [0.29, 0.717) is 4.24 Å². The molecule has 0 aliphatic carbocycles. The van der Waals surface area contributed by atoms with E-state index in [1.807, 2.05) is 24.3 Å². The van der Waals surface area contributed by atoms with E-state index in [9.17, 15) is 14.7 Å². The predicted octanol–water partition coefficient (Wildman–Crippen LogP) is 4.20. The van der Waals surface area contributed by atoms with Crippen molar-refractivity contribution in [3.8, 4) is 0 Å². The Balaban J connectivity index is 2.19. The quantitative estimate of drug-likeness (QED) is 0.478. The fraction of sp³-hybridized carbons (Fsp3) is 0.200. The highest BCUT2D eigenvalue weighted by Gasteiger charge is 2.23. The number of carboxylic acid groups (broad SMARTS) is 1. The monoisotopic (exact) mass is 384 g/mol. The second kappa shape index (κ2) is 7.87. The van der Waals surface area contributed by atoms with Crippen LogP contribution < -0.4 is 0 Å². The molecule has 21 heavy (non-hydrogen) atoms. The summed E-state index contributed by atoms with van der Waals surface area (Å²) in [5, 5.41) is 9.28. The number of carbonyl (C=O) groups is 2. The fourth-order valence-electron chi connectivity index (χ4n) is 1.70. The van der Waals surface area contributed by atoms with E-state index in [2.05, 4.69) is 15.9 Å². The third-order valence-electron chi connectivity index (χ3n) is 2.72. The van der Waals surface area contributed by atoms with Crippen LogP contribution >= 0.6 is 39.5 Å². The second-order valence-corrected chi connectivity index (χ2v) is 7.65. The first-order valence-electron chi connectivity index (χ1n) is 6.29. The van der Waals surface area contributed by atoms with Gasteiger partial charge >= 0.3 is 5.97 Å². The summed E-state index contributed by atoms with van der Waals surface area (Å²) in [6.45, 7) is 0. The molecule has 3 nitrogen and oxygen atoms in total. The van der Waals surface area contributed by atoms with Crippen molar-refractivity contribution in [1.29, 1.82) is 0 Å². The van der Waals surface area contributed by atoms with Gasteiger partial charge in [-0.25, -0.2) is 4.79 Å². The highest BCUT2D eigenvalue weighted by atomic mass is 79.9. The van der Waals surface area contributed by atoms with Crippen LogP contribution in [0.5, 0.6) is 0 Å². The van der Waals surface area contributed by atoms with Crippen LogP contribution in [-0.2, 0) is 9.59 Å². The lowest BCUT2D eigenvalue weighted by Crippen LogP contribution is -2.13. The van der Waals surface area contributed by atoms with Crippen molar-refractivity contribution in [3.05, 3.63) is 50.2 Å². The normalized spacial score (nSPS) is 15.2. The Morgan fingerprint density at radius 3 is 2.33 bits per heavy atom. The van der Waals surface area contributed by atoms with Gasteiger partial charge in [-0.15, -0.1) is 23.5 Å². The molecule has 6 heteroatoms. The predicted molar refractivity (Wildman–Crippen MR) is 92.4 cm³/mol. The number of hydrogen-bond acceptors (Lipinski definition) is 4. The van der Waals surface area contributed by atoms with Crippen molar-refractivity contribution in [2.24, 2.45) is 0 Å². The molecule has 0 atom stereocenters. The Hall–Kier alpha value is -0.980. The number of halogens is 1. The van der Waals surface area contributed by atoms with E-state index in [1.165, 1.54) is 29.6 Å². The van der Waals surface area contributed by atoms with Gasteiger partial charge in [0.05, 0.1) is 4.24 Å². The Morgan fingerprint density at radius 2 is 1.76 bits per heavy atom. The number of benzene rings is 1. The van der Waals surface area contributed by atoms with Crippen LogP contribution in [0.3, 0.4) is 0 Å². The molecular formula is C15H13BrO3S2. The Morgan fingerprint density at radius 1 is 1.14 bits per heavy atom. The summed E-state index contributed by atoms with van der Waals surface area (Å²) in [4.78, 5) is 23.5. The first-order valence-corrected chi connectivity index (χ1v) is 9.05. The number of allylic oxidation sites excluding steroid dienone is 1. The molecule has 0 unspecified atom stereocenters. The van der Waals surface area contributed by atoms with Crippen molar-refractivity contribution in [1.82, 2.24) is 0 Å². The van der Waals surface area contributed by atoms with Gasteiger partial charge in [-0.1, -0.05) is 34.1 Å². The van der Waals surface area contributed by atoms with Gasteiger partial charge in [0.1, 0.15) is 5.57 Å². The average molecular weight is 385 g/mol. The minimum absolute atomic E-state index is 0.113. The highest BCUT2D eigenvalue weighted by molar-refractivity contribution is 9.10. The van der Waals surface area contributed by atoms with Crippen molar-refractivity contribution in [2.75, 3.05) is 11.5 Å². The molecule has 1 heterocycles. The minimum atomic E-state index is -1.16. The first kappa shape index (κ1) is 16.4. The molecule has 0 aromatic heterocycles. The van der Waals surface area contributed by atoms with Gasteiger partial charge in [-0.05, 0) is 41.7 Å². The number of rotatable bonds is 4. The van der Waals surface area contributed by atoms with Crippen molar-refractivity contribution in [2.45, 2.75) is 6.42 Å². The lowest BCUT2D eigenvalue weighted by atomic mass is 10.1. The van der Waals surface area contributed by atoms with E-state index < -0.39 is 11.8 Å². The maximum Gasteiger partial charge on any atom is 0.341 e. The van der Waals surface area contributed by atoms with Crippen LogP contribution in [-0.4, -0.2) is 28.4 Å². The summed E-state index contributed by atoms with van der Waals surface area (Å²) in [5.74, 6) is 0.116. The third-order valence-corrected chi connectivity index (χ3v) is 5.87. The van der Waals surface area contributed by atoms with Crippen LogP contribution in [0.2, 0.25) is 0 Å². The van der Waals surface area contributed by atoms with Gasteiger partial charge < -0.3 is 5.11 Å². The van der Waals surface area contributed by atoms with Crippen LogP contribution in [0, 0.1) is 0 Å². The van der Waals surface area contributed by atoms with Gasteiger partial charge in [0, 0.05) is 4.47 Å². The van der Waals surface area contributed by atoms with E-state index in [0.717, 1.165) is 28.0 Å². The lowest BCUT2D eigenvalue weighted by molar-refractivity contribution is -0.134. The molecule has 1 aromatic rings. The smallest absolute Gasteiger partial charge is 0.341 e. The molecule has 110 valence electrons. The number of thioether (sulfide) groups is 2. The largest absolute Gasteiger partial charge is 0.477 e. The number of ketones is 1. The molecule has 0 bridgehead atoms. The Labute approximate surface area is 140 Å². The maximum atomic E-state index is 12.2. The Kier molecular flexibility index (Phi) is 6.14. The summed E-state index contributed by atoms with van der Waals surface area (Å²) in [7, 11) is 0. The number of hydrogen-bond donors (Lipinski definition) is 1. The topological polar surface area (TPSA) is 54.4 Å². The molecule has 0 spiro atoms. The summed E-state index contributed by atoms with van der Waals surface area (Å²) in [6.07, 6.45) is 4.00. The van der Waals surface area contributed by atoms with E-state index in [4.69, 9.17) is 0 Å². The molecule has 0 radical (unpaired) electrons. The molecule has 0 saturated carbocycles. The minimum Gasteiger partial charge on any atom is -0.477 e. The van der Waals surface area contributed by atoms with Crippen LogP contribution in [0.1, 0.15) is 12.0 Å². The molecule has 1 aliphatic heterocycles. The molecule has 2 rings (SSSR count). The van der Waals surface area contributed by atoms with Gasteiger partial charge in [0.15, 0.2) is 5.78 Å². The molecular weight excluding hydrogens is 372 g/mol. The van der Waals surface area contributed by atoms with Gasteiger partial charge in [-0.2, -0.15) is 0 Å². The van der Waals surface area contributed by atoms with Crippen molar-refractivity contribution < 1.29 is 14.7 Å². The SMILES string of the molecule is O=C(O)C(C(=O)/C=C/c1ccc(Br)cc1)=C1SCCCS1. The molecule has 1 aromatic carbocycles. The fourth-order valence-corrected chi connectivity index (χ4v) is 4.59. The molecule has 1 fully saturated rings. The summed E-state index contributed by atoms with van der Waals surface area (Å²) < 4.78 is 1.58. The van der Waals surface area contributed by atoms with E-state index >= 15 is 0 Å². The van der Waals surface area contributed by atoms with Crippen LogP contribution in [0.25, 0.3) is 6.08 Å². The van der Waals surface area contributed by atoms with Crippen molar-refractivity contribution in [3.63, 3.8) is 0 Å². The first-order chi connectivity index (χ1) is 10.1. The summed E-state index contributed by atoms with van der Waals surface area (Å²) in [6, 6.07) is 7.44. The second-order valence-electron chi connectivity index (χ2n) is 4.27. The Bertz CT molecular complexity index is 598. The zero-order chi connectivity index (χ0) is 15.2. The van der Waals surface area contributed by atoms with Crippen LogP contribution in [0.15, 0.2) is 44.6 Å². The van der Waals surface area contributed by atoms with E-state index in [1.54, 1.807) is 6.08 Å². The molecule has 1 N–H and O–H groups in total. The average Bonchev–Trinajstić information content (AvgIpc) is 2.47. The molecule has 1 saturated heterocycles. The van der Waals surface area contributed by atoms with Crippen LogP contribution in [0.4, 0.5) is 0 Å². The zero-order valence-corrected chi connectivity index (χ0v) is 14.3. The zero-order valence-electron chi connectivity index (χ0n) is 11.0. The standard InChI is InChI=1S/C15H13BrO3S2/c16-11-5-2-10(3-6-11)4-7-12(17)13(14(18)19)15-20-8-1-9-21-15/h2-7H,1,8-9H2,(H,18,19)/b7-4+. The number of carbonyl (C=O) groups excluding carboxylic acids is 1. The van der Waals surface area contributed by atoms with Crippen molar-refractivity contribution >= 4 is 57.3 Å². The van der Waals surface area contributed by atoms with Gasteiger partial charge in [-0.3, -0.25) is 4.79 Å². The maximum absolute atomic E-state index is 12.2. The van der Waals surface area contributed by atoms with Gasteiger partial charge in [0.2, 0.25) is 0 Å². The summed E-state index contributed by atoms with van der Waals surface area (Å²) in [5.41, 5.74) is 0.739. The molecule has 1 aliphatic rings. The lowest BCUT2D eigenvalue weighted by Gasteiger charge is -2.14. The molecule has 0 amide bonds. The van der Waals surface area contributed by atoms with Gasteiger partial charge in [0.25, 0.3) is 0 Å².